The van der Waals surface area contributed by atoms with Crippen molar-refractivity contribution < 1.29 is 9.15 Å². The van der Waals surface area contributed by atoms with Crippen LogP contribution in [0.5, 0.6) is 5.75 Å². The second-order valence-corrected chi connectivity index (χ2v) is 6.01. The number of methoxy groups -OCH3 is 1. The van der Waals surface area contributed by atoms with Crippen LogP contribution >= 0.6 is 0 Å². The van der Waals surface area contributed by atoms with Gasteiger partial charge >= 0.3 is 0 Å². The smallest absolute Gasteiger partial charge is 0.197 e. The Kier molecular flexibility index (Phi) is 4.01. The molecule has 0 atom stereocenters. The van der Waals surface area contributed by atoms with E-state index in [-0.39, 0.29) is 0 Å². The minimum absolute atomic E-state index is 0.525. The highest BCUT2D eigenvalue weighted by molar-refractivity contribution is 6.06. The Balaban J connectivity index is 1.74. The maximum absolute atomic E-state index is 5.90. The van der Waals surface area contributed by atoms with Crippen molar-refractivity contribution in [2.75, 3.05) is 12.5 Å². The summed E-state index contributed by atoms with van der Waals surface area (Å²) >= 11 is 0. The molecule has 0 amide bonds. The van der Waals surface area contributed by atoms with Crippen LogP contribution in [0.2, 0.25) is 0 Å². The van der Waals surface area contributed by atoms with Crippen molar-refractivity contribution in [2.45, 2.75) is 13.8 Å². The van der Waals surface area contributed by atoms with Crippen molar-refractivity contribution in [3.63, 3.8) is 0 Å². The zero-order valence-electron chi connectivity index (χ0n) is 14.8. The van der Waals surface area contributed by atoms with Gasteiger partial charge in [-0.15, -0.1) is 0 Å². The van der Waals surface area contributed by atoms with Gasteiger partial charge in [0.15, 0.2) is 11.4 Å². The van der Waals surface area contributed by atoms with Crippen LogP contribution < -0.4 is 10.2 Å². The van der Waals surface area contributed by atoms with E-state index in [4.69, 9.17) is 9.15 Å². The number of para-hydroxylation sites is 1. The molecule has 0 saturated heterocycles. The predicted molar refractivity (Wildman–Crippen MR) is 103 cm³/mol. The first-order valence-corrected chi connectivity index (χ1v) is 8.25. The number of furan rings is 1. The number of benzene rings is 2. The third kappa shape index (κ3) is 2.75. The summed E-state index contributed by atoms with van der Waals surface area (Å²) in [7, 11) is 1.65. The third-order valence-corrected chi connectivity index (χ3v) is 4.23. The van der Waals surface area contributed by atoms with Gasteiger partial charge in [-0.1, -0.05) is 23.8 Å². The predicted octanol–water partition coefficient (Wildman–Crippen LogP) is 4.53. The highest BCUT2D eigenvalue weighted by Crippen LogP contribution is 2.30. The first-order chi connectivity index (χ1) is 12.7. The molecule has 2 heterocycles. The fraction of sp³-hybridized carbons (Fsp3) is 0.150. The summed E-state index contributed by atoms with van der Waals surface area (Å²) in [6.07, 6.45) is 1.50. The molecule has 2 aromatic carbocycles. The Bertz CT molecular complexity index is 1130. The van der Waals surface area contributed by atoms with E-state index >= 15 is 0 Å². The maximum Gasteiger partial charge on any atom is 0.197 e. The number of hydrazone groups is 1. The van der Waals surface area contributed by atoms with Crippen LogP contribution in [-0.2, 0) is 0 Å². The molecule has 0 unspecified atom stereocenters. The van der Waals surface area contributed by atoms with E-state index < -0.39 is 0 Å². The summed E-state index contributed by atoms with van der Waals surface area (Å²) in [6.45, 7) is 3.95. The lowest BCUT2D eigenvalue weighted by atomic mass is 10.1. The van der Waals surface area contributed by atoms with E-state index in [9.17, 15) is 0 Å². The third-order valence-electron chi connectivity index (χ3n) is 4.23. The molecular weight excluding hydrogens is 328 g/mol. The maximum atomic E-state index is 5.90. The summed E-state index contributed by atoms with van der Waals surface area (Å²) in [5.74, 6) is 1.30. The summed E-state index contributed by atoms with van der Waals surface area (Å²) in [4.78, 5) is 8.61. The number of ether oxygens (including phenoxy) is 1. The van der Waals surface area contributed by atoms with E-state index in [1.54, 1.807) is 7.11 Å². The second kappa shape index (κ2) is 6.48. The van der Waals surface area contributed by atoms with Crippen molar-refractivity contribution in [1.29, 1.82) is 0 Å². The van der Waals surface area contributed by atoms with Crippen molar-refractivity contribution in [2.24, 2.45) is 5.10 Å². The molecule has 2 aromatic heterocycles. The molecule has 0 fully saturated rings. The van der Waals surface area contributed by atoms with Crippen LogP contribution in [0.15, 0.2) is 58.3 Å². The molecule has 0 saturated carbocycles. The number of hydrogen-bond donors (Lipinski definition) is 1. The van der Waals surface area contributed by atoms with E-state index in [2.05, 4.69) is 20.5 Å². The lowest BCUT2D eigenvalue weighted by Gasteiger charge is -2.09. The van der Waals surface area contributed by atoms with E-state index in [0.717, 1.165) is 39.1 Å². The molecule has 26 heavy (non-hydrogen) atoms. The molecule has 130 valence electrons. The van der Waals surface area contributed by atoms with Gasteiger partial charge in [0.2, 0.25) is 0 Å². The fourth-order valence-corrected chi connectivity index (χ4v) is 2.90. The monoisotopic (exact) mass is 346 g/mol. The first kappa shape index (κ1) is 16.1. The Morgan fingerprint density at radius 1 is 1.15 bits per heavy atom. The number of hydrogen-bond acceptors (Lipinski definition) is 6. The van der Waals surface area contributed by atoms with Gasteiger partial charge in [-0.05, 0) is 38.1 Å². The van der Waals surface area contributed by atoms with Crippen molar-refractivity contribution in [3.8, 4) is 5.75 Å². The minimum atomic E-state index is 0.525. The zero-order valence-corrected chi connectivity index (χ0v) is 14.8. The standard InChI is InChI=1S/C20H18N4O2/c1-12-8-9-16(25-3)15(10-12)13(2)23-24-20-19-18(21-11-22-20)14-6-4-5-7-17(14)26-19/h4-11H,1-3H3,(H,21,22,24)/b23-13-. The molecule has 4 rings (SSSR count). The van der Waals surface area contributed by atoms with Gasteiger partial charge in [0.1, 0.15) is 23.2 Å². The molecule has 0 aliphatic heterocycles. The largest absolute Gasteiger partial charge is 0.496 e. The van der Waals surface area contributed by atoms with Gasteiger partial charge in [-0.2, -0.15) is 5.10 Å². The minimum Gasteiger partial charge on any atom is -0.496 e. The normalized spacial score (nSPS) is 11.9. The lowest BCUT2D eigenvalue weighted by Crippen LogP contribution is -2.04. The van der Waals surface area contributed by atoms with Crippen LogP contribution in [0.3, 0.4) is 0 Å². The van der Waals surface area contributed by atoms with Crippen molar-refractivity contribution in [3.05, 3.63) is 59.9 Å². The number of rotatable bonds is 4. The molecule has 0 spiro atoms. The molecular formula is C20H18N4O2. The van der Waals surface area contributed by atoms with Gasteiger partial charge < -0.3 is 9.15 Å². The van der Waals surface area contributed by atoms with Gasteiger partial charge in [0.25, 0.3) is 0 Å². The van der Waals surface area contributed by atoms with Crippen LogP contribution in [0.1, 0.15) is 18.1 Å². The molecule has 1 N–H and O–H groups in total. The Labute approximate surface area is 150 Å². The van der Waals surface area contributed by atoms with Gasteiger partial charge in [0, 0.05) is 10.9 Å². The van der Waals surface area contributed by atoms with Gasteiger partial charge in [-0.25, -0.2) is 9.97 Å². The average Bonchev–Trinajstić information content (AvgIpc) is 3.05. The van der Waals surface area contributed by atoms with Gasteiger partial charge in [-0.3, -0.25) is 5.43 Å². The zero-order chi connectivity index (χ0) is 18.1. The molecule has 6 heteroatoms. The van der Waals surface area contributed by atoms with Crippen molar-refractivity contribution >= 4 is 33.6 Å². The molecule has 0 bridgehead atoms. The molecule has 4 aromatic rings. The Morgan fingerprint density at radius 2 is 2.00 bits per heavy atom. The summed E-state index contributed by atoms with van der Waals surface area (Å²) < 4.78 is 11.3. The number of fused-ring (bicyclic) bond motifs is 3. The SMILES string of the molecule is COc1ccc(C)cc1/C(C)=N\Nc1ncnc2c1oc1ccccc12. The van der Waals surface area contributed by atoms with Crippen LogP contribution in [0, 0.1) is 6.92 Å². The molecule has 0 aliphatic carbocycles. The summed E-state index contributed by atoms with van der Waals surface area (Å²) in [6, 6.07) is 13.8. The van der Waals surface area contributed by atoms with Crippen LogP contribution in [0.4, 0.5) is 5.82 Å². The number of aryl methyl sites for hydroxylation is 1. The van der Waals surface area contributed by atoms with E-state index in [1.165, 1.54) is 6.33 Å². The number of anilines is 1. The summed E-state index contributed by atoms with van der Waals surface area (Å²) in [5.41, 5.74) is 7.97. The molecule has 6 nitrogen and oxygen atoms in total. The average molecular weight is 346 g/mol. The number of nitrogens with one attached hydrogen (secondary N) is 1. The summed E-state index contributed by atoms with van der Waals surface area (Å²) in [5, 5.41) is 5.42. The van der Waals surface area contributed by atoms with Crippen LogP contribution in [-0.4, -0.2) is 22.8 Å². The Hall–Kier alpha value is -3.41. The number of aromatic nitrogens is 2. The van der Waals surface area contributed by atoms with E-state index in [1.807, 2.05) is 56.3 Å². The van der Waals surface area contributed by atoms with E-state index in [0.29, 0.717) is 11.4 Å². The highest BCUT2D eigenvalue weighted by atomic mass is 16.5. The van der Waals surface area contributed by atoms with Gasteiger partial charge in [0.05, 0.1) is 12.8 Å². The molecule has 0 radical (unpaired) electrons. The number of nitrogens with zero attached hydrogens (tertiary/aromatic N) is 3. The molecule has 0 aliphatic rings. The fourth-order valence-electron chi connectivity index (χ4n) is 2.90. The topological polar surface area (TPSA) is 72.5 Å². The lowest BCUT2D eigenvalue weighted by molar-refractivity contribution is 0.414. The highest BCUT2D eigenvalue weighted by Gasteiger charge is 2.13. The van der Waals surface area contributed by atoms with Crippen LogP contribution in [0.25, 0.3) is 22.1 Å². The quantitative estimate of drug-likeness (QED) is 0.434. The van der Waals surface area contributed by atoms with Crippen molar-refractivity contribution in [1.82, 2.24) is 9.97 Å². The Morgan fingerprint density at radius 3 is 2.85 bits per heavy atom. The second-order valence-electron chi connectivity index (χ2n) is 6.01. The first-order valence-electron chi connectivity index (χ1n) is 8.25.